The molecular formula is C20H15ClF2N2O2S. The first kappa shape index (κ1) is 20.1. The number of benzene rings is 2. The van der Waals surface area contributed by atoms with Gasteiger partial charge in [-0.05, 0) is 41.3 Å². The number of hydrogen-bond acceptors (Lipinski definition) is 4. The van der Waals surface area contributed by atoms with Gasteiger partial charge < -0.3 is 0 Å². The van der Waals surface area contributed by atoms with Crippen LogP contribution in [0.4, 0.5) is 8.78 Å². The third-order valence-electron chi connectivity index (χ3n) is 3.98. The molecule has 0 saturated heterocycles. The standard InChI is InChI=1S/C20H15ClF2N2O2S/c21-15-10-8-13(9-11-15)17(20(22,23)18(26)16-7-4-12-28-16)24-25-19(27)14-5-2-1-3-6-14/h1-12,17,24H,(H,25,27)/t17-/m0/s1. The lowest BCUT2D eigenvalue weighted by Gasteiger charge is -2.27. The predicted molar refractivity (Wildman–Crippen MR) is 105 cm³/mol. The van der Waals surface area contributed by atoms with Crippen LogP contribution in [0.2, 0.25) is 5.02 Å². The summed E-state index contributed by atoms with van der Waals surface area (Å²) in [6.07, 6.45) is 0. The van der Waals surface area contributed by atoms with E-state index in [0.717, 1.165) is 11.3 Å². The number of nitrogens with one attached hydrogen (secondary N) is 2. The maximum absolute atomic E-state index is 15.1. The first-order valence-corrected chi connectivity index (χ1v) is 9.48. The summed E-state index contributed by atoms with van der Waals surface area (Å²) in [6, 6.07) is 14.8. The fourth-order valence-corrected chi connectivity index (χ4v) is 3.37. The molecule has 28 heavy (non-hydrogen) atoms. The maximum atomic E-state index is 15.1. The Balaban J connectivity index is 1.87. The highest BCUT2D eigenvalue weighted by molar-refractivity contribution is 7.12. The van der Waals surface area contributed by atoms with Crippen molar-refractivity contribution in [2.45, 2.75) is 12.0 Å². The highest BCUT2D eigenvalue weighted by Gasteiger charge is 2.49. The number of thiophene rings is 1. The molecule has 2 aromatic carbocycles. The van der Waals surface area contributed by atoms with E-state index in [4.69, 9.17) is 11.6 Å². The van der Waals surface area contributed by atoms with Crippen LogP contribution in [0.1, 0.15) is 31.6 Å². The fourth-order valence-electron chi connectivity index (χ4n) is 2.54. The van der Waals surface area contributed by atoms with Crippen LogP contribution >= 0.6 is 22.9 Å². The molecule has 2 N–H and O–H groups in total. The minimum absolute atomic E-state index is 0.0693. The zero-order chi connectivity index (χ0) is 20.1. The molecule has 0 aliphatic rings. The third kappa shape index (κ3) is 4.44. The Labute approximate surface area is 169 Å². The second kappa shape index (κ2) is 8.60. The molecular weight excluding hydrogens is 406 g/mol. The molecule has 8 heteroatoms. The van der Waals surface area contributed by atoms with Crippen molar-refractivity contribution >= 4 is 34.6 Å². The number of Topliss-reactive ketones (excluding diaryl/α,β-unsaturated/α-hetero) is 1. The predicted octanol–water partition coefficient (Wildman–Crippen LogP) is 4.90. The van der Waals surface area contributed by atoms with Gasteiger partial charge in [0.15, 0.2) is 0 Å². The summed E-state index contributed by atoms with van der Waals surface area (Å²) >= 11 is 6.77. The fraction of sp³-hybridized carbons (Fsp3) is 0.100. The van der Waals surface area contributed by atoms with E-state index in [2.05, 4.69) is 10.9 Å². The Morgan fingerprint density at radius 2 is 1.64 bits per heavy atom. The van der Waals surface area contributed by atoms with Gasteiger partial charge >= 0.3 is 5.92 Å². The molecule has 4 nitrogen and oxygen atoms in total. The van der Waals surface area contributed by atoms with Crippen LogP contribution in [0.5, 0.6) is 0 Å². The number of carbonyl (C=O) groups is 2. The molecule has 0 spiro atoms. The van der Waals surface area contributed by atoms with Crippen LogP contribution in [-0.2, 0) is 0 Å². The van der Waals surface area contributed by atoms with Crippen molar-refractivity contribution in [3.63, 3.8) is 0 Å². The number of amides is 1. The normalized spacial score (nSPS) is 12.4. The van der Waals surface area contributed by atoms with Gasteiger partial charge in [0, 0.05) is 10.6 Å². The van der Waals surface area contributed by atoms with E-state index in [1.807, 2.05) is 0 Å². The Morgan fingerprint density at radius 1 is 0.964 bits per heavy atom. The minimum atomic E-state index is -3.82. The van der Waals surface area contributed by atoms with Gasteiger partial charge in [-0.3, -0.25) is 15.0 Å². The zero-order valence-electron chi connectivity index (χ0n) is 14.4. The number of hydrogen-bond donors (Lipinski definition) is 2. The highest BCUT2D eigenvalue weighted by Crippen LogP contribution is 2.35. The summed E-state index contributed by atoms with van der Waals surface area (Å²) < 4.78 is 30.2. The van der Waals surface area contributed by atoms with E-state index < -0.39 is 23.7 Å². The van der Waals surface area contributed by atoms with Gasteiger partial charge in [0.25, 0.3) is 5.91 Å². The summed E-state index contributed by atoms with van der Waals surface area (Å²) in [4.78, 5) is 24.6. The molecule has 1 aromatic heterocycles. The number of carbonyl (C=O) groups excluding carboxylic acids is 2. The van der Waals surface area contributed by atoms with Crippen molar-refractivity contribution in [1.82, 2.24) is 10.9 Å². The summed E-state index contributed by atoms with van der Waals surface area (Å²) in [7, 11) is 0. The average molecular weight is 421 g/mol. The quantitative estimate of drug-likeness (QED) is 0.422. The lowest BCUT2D eigenvalue weighted by molar-refractivity contribution is -0.0190. The number of halogens is 3. The summed E-state index contributed by atoms with van der Waals surface area (Å²) in [5, 5.41) is 1.91. The van der Waals surface area contributed by atoms with Crippen molar-refractivity contribution in [3.05, 3.63) is 93.1 Å². The minimum Gasteiger partial charge on any atom is -0.287 e. The molecule has 0 saturated carbocycles. The molecule has 0 aliphatic heterocycles. The monoisotopic (exact) mass is 420 g/mol. The molecule has 0 radical (unpaired) electrons. The molecule has 3 rings (SSSR count). The van der Waals surface area contributed by atoms with E-state index in [-0.39, 0.29) is 16.0 Å². The van der Waals surface area contributed by atoms with Gasteiger partial charge in [0.2, 0.25) is 5.78 Å². The lowest BCUT2D eigenvalue weighted by atomic mass is 9.97. The Hall–Kier alpha value is -2.61. The topological polar surface area (TPSA) is 58.2 Å². The van der Waals surface area contributed by atoms with E-state index in [9.17, 15) is 9.59 Å². The molecule has 1 amide bonds. The Kier molecular flexibility index (Phi) is 6.18. The van der Waals surface area contributed by atoms with Crippen molar-refractivity contribution in [2.24, 2.45) is 0 Å². The van der Waals surface area contributed by atoms with E-state index in [1.54, 1.807) is 35.7 Å². The molecule has 0 fully saturated rings. The van der Waals surface area contributed by atoms with Crippen molar-refractivity contribution < 1.29 is 18.4 Å². The van der Waals surface area contributed by atoms with Gasteiger partial charge in [-0.15, -0.1) is 11.3 Å². The summed E-state index contributed by atoms with van der Waals surface area (Å²) in [5.74, 6) is -5.74. The average Bonchev–Trinajstić information content (AvgIpc) is 3.24. The first-order valence-electron chi connectivity index (χ1n) is 8.22. The number of hydrazine groups is 1. The first-order chi connectivity index (χ1) is 13.4. The van der Waals surface area contributed by atoms with Crippen molar-refractivity contribution in [3.8, 4) is 0 Å². The van der Waals surface area contributed by atoms with Crippen molar-refractivity contribution in [2.75, 3.05) is 0 Å². The second-order valence-corrected chi connectivity index (χ2v) is 7.26. The Morgan fingerprint density at radius 3 is 2.25 bits per heavy atom. The molecule has 0 aliphatic carbocycles. The van der Waals surface area contributed by atoms with Crippen LogP contribution < -0.4 is 10.9 Å². The molecule has 3 aromatic rings. The second-order valence-electron chi connectivity index (χ2n) is 5.88. The molecule has 0 bridgehead atoms. The number of alkyl halides is 2. The van der Waals surface area contributed by atoms with E-state index >= 15 is 8.78 Å². The molecule has 1 heterocycles. The van der Waals surface area contributed by atoms with Crippen molar-refractivity contribution in [1.29, 1.82) is 0 Å². The molecule has 0 unspecified atom stereocenters. The van der Waals surface area contributed by atoms with Gasteiger partial charge in [-0.25, -0.2) is 5.43 Å². The number of rotatable bonds is 7. The zero-order valence-corrected chi connectivity index (χ0v) is 15.9. The lowest BCUT2D eigenvalue weighted by Crippen LogP contribution is -2.50. The van der Waals surface area contributed by atoms with Gasteiger partial charge in [0.05, 0.1) is 4.88 Å². The van der Waals surface area contributed by atoms with Crippen LogP contribution in [0.25, 0.3) is 0 Å². The van der Waals surface area contributed by atoms with Crippen LogP contribution in [0, 0.1) is 0 Å². The van der Waals surface area contributed by atoms with Gasteiger partial charge in [-0.2, -0.15) is 8.78 Å². The van der Waals surface area contributed by atoms with E-state index in [1.165, 1.54) is 36.4 Å². The van der Waals surface area contributed by atoms with E-state index in [0.29, 0.717) is 5.02 Å². The largest absolute Gasteiger partial charge is 0.331 e. The Bertz CT molecular complexity index is 948. The smallest absolute Gasteiger partial charge is 0.287 e. The summed E-state index contributed by atoms with van der Waals surface area (Å²) in [5.41, 5.74) is 4.99. The summed E-state index contributed by atoms with van der Waals surface area (Å²) in [6.45, 7) is 0. The van der Waals surface area contributed by atoms with Crippen LogP contribution in [0.15, 0.2) is 72.1 Å². The van der Waals surface area contributed by atoms with Crippen LogP contribution in [0.3, 0.4) is 0 Å². The van der Waals surface area contributed by atoms with Gasteiger partial charge in [0.1, 0.15) is 6.04 Å². The third-order valence-corrected chi connectivity index (χ3v) is 5.10. The SMILES string of the molecule is O=C(NN[C@@H](c1ccc(Cl)cc1)C(F)(F)C(=O)c1cccs1)c1ccccc1. The van der Waals surface area contributed by atoms with Gasteiger partial charge in [-0.1, -0.05) is 48.0 Å². The maximum Gasteiger partial charge on any atom is 0.331 e. The molecule has 144 valence electrons. The van der Waals surface area contributed by atoms with Crippen LogP contribution in [-0.4, -0.2) is 17.6 Å². The number of ketones is 1. The molecule has 1 atom stereocenters. The highest BCUT2D eigenvalue weighted by atomic mass is 35.5.